The van der Waals surface area contributed by atoms with Crippen molar-refractivity contribution in [3.05, 3.63) is 198 Å². The lowest BCUT2D eigenvalue weighted by atomic mass is 9.33. The van der Waals surface area contributed by atoms with Crippen LogP contribution in [-0.2, 0) is 27.1 Å². The molecule has 2 aliphatic rings. The minimum absolute atomic E-state index is 0.0647. The Morgan fingerprint density at radius 2 is 0.620 bits per heavy atom. The van der Waals surface area contributed by atoms with E-state index in [4.69, 9.17) is 8.83 Å². The highest BCUT2D eigenvalue weighted by molar-refractivity contribution is 7.00. The summed E-state index contributed by atoms with van der Waals surface area (Å²) in [5, 5.41) is 4.42. The second-order valence-corrected chi connectivity index (χ2v) is 27.9. The smallest absolute Gasteiger partial charge is 0.252 e. The van der Waals surface area contributed by atoms with E-state index in [1.165, 1.54) is 77.8 Å². The average Bonchev–Trinajstić information content (AvgIpc) is 4.12. The first-order valence-corrected chi connectivity index (χ1v) is 28.5. The quantitative estimate of drug-likeness (QED) is 0.165. The number of hydrogen-bond donors (Lipinski definition) is 0. The summed E-state index contributed by atoms with van der Waals surface area (Å²) < 4.78 is 13.8. The fourth-order valence-electron chi connectivity index (χ4n) is 12.5. The third kappa shape index (κ3) is 8.32. The first kappa shape index (κ1) is 50.7. The van der Waals surface area contributed by atoms with Gasteiger partial charge < -0.3 is 18.6 Å². The number of nitrogens with zero attached hydrogens (tertiary/aromatic N) is 2. The van der Waals surface area contributed by atoms with Crippen molar-refractivity contribution >= 4 is 101 Å². The van der Waals surface area contributed by atoms with Crippen LogP contribution in [-0.4, -0.2) is 6.71 Å². The molecule has 0 amide bonds. The van der Waals surface area contributed by atoms with E-state index in [-0.39, 0.29) is 33.8 Å². The van der Waals surface area contributed by atoms with Crippen molar-refractivity contribution in [2.45, 2.75) is 131 Å². The lowest BCUT2D eigenvalue weighted by molar-refractivity contribution is 0.568. The van der Waals surface area contributed by atoms with Gasteiger partial charge in [0.1, 0.15) is 22.3 Å². The van der Waals surface area contributed by atoms with Crippen molar-refractivity contribution in [3.8, 4) is 22.3 Å². The second-order valence-electron chi connectivity index (χ2n) is 27.9. The van der Waals surface area contributed by atoms with Crippen LogP contribution in [0.2, 0.25) is 0 Å². The van der Waals surface area contributed by atoms with Crippen molar-refractivity contribution in [2.24, 2.45) is 0 Å². The normalized spacial score (nSPS) is 13.9. The van der Waals surface area contributed by atoms with Gasteiger partial charge in [-0.2, -0.15) is 0 Å². The predicted molar refractivity (Wildman–Crippen MR) is 339 cm³/mol. The van der Waals surface area contributed by atoms with Gasteiger partial charge in [-0.15, -0.1) is 0 Å². The highest BCUT2D eigenvalue weighted by Crippen LogP contribution is 2.52. The number of hydrogen-bond acceptors (Lipinski definition) is 4. The maximum atomic E-state index is 6.91. The van der Waals surface area contributed by atoms with Crippen LogP contribution in [0.5, 0.6) is 0 Å². The molecular weight excluding hydrogens is 960 g/mol. The molecule has 0 radical (unpaired) electrons. The van der Waals surface area contributed by atoms with Crippen LogP contribution in [0.25, 0.3) is 66.1 Å². The van der Waals surface area contributed by atoms with E-state index in [9.17, 15) is 0 Å². The van der Waals surface area contributed by atoms with Gasteiger partial charge in [-0.25, -0.2) is 0 Å². The highest BCUT2D eigenvalue weighted by Gasteiger charge is 2.46. The maximum Gasteiger partial charge on any atom is 0.252 e. The topological polar surface area (TPSA) is 32.8 Å². The van der Waals surface area contributed by atoms with Gasteiger partial charge in [0.25, 0.3) is 6.71 Å². The van der Waals surface area contributed by atoms with E-state index in [0.29, 0.717) is 0 Å². The monoisotopic (exact) mass is 1030 g/mol. The van der Waals surface area contributed by atoms with Gasteiger partial charge >= 0.3 is 0 Å². The predicted octanol–water partition coefficient (Wildman–Crippen LogP) is 19.4. The van der Waals surface area contributed by atoms with Crippen LogP contribution in [0.15, 0.2) is 179 Å². The first-order chi connectivity index (χ1) is 37.3. The molecule has 79 heavy (non-hydrogen) atoms. The van der Waals surface area contributed by atoms with E-state index >= 15 is 0 Å². The molecule has 2 aliphatic heterocycles. The van der Waals surface area contributed by atoms with Gasteiger partial charge in [0, 0.05) is 55.4 Å². The largest absolute Gasteiger partial charge is 0.456 e. The van der Waals surface area contributed by atoms with Crippen molar-refractivity contribution < 1.29 is 8.83 Å². The Morgan fingerprint density at radius 1 is 0.291 bits per heavy atom. The molecule has 0 saturated heterocycles. The Labute approximate surface area is 468 Å². The van der Waals surface area contributed by atoms with Gasteiger partial charge in [0.15, 0.2) is 0 Å². The SMILES string of the molecule is CC(C)(C)c1cc(-c2ccccc2N2c3cc4c(cc3B3c5cc6oc7ccccc7c6cc5N(c5ccccc5-c5cc(C(C)(C)C)cc(C(C)(C)C)c5)c5cc(C(C)(C)C)cc2c53)oc2ccccc24)cc(C(C)(C)C)c1. The Kier molecular flexibility index (Phi) is 11.2. The zero-order valence-corrected chi connectivity index (χ0v) is 49.0. The summed E-state index contributed by atoms with van der Waals surface area (Å²) in [6.45, 7) is 34.9. The van der Waals surface area contributed by atoms with Crippen LogP contribution in [0.4, 0.5) is 34.1 Å². The zero-order valence-electron chi connectivity index (χ0n) is 49.0. The number of anilines is 6. The number of benzene rings is 9. The Bertz CT molecular complexity index is 3970. The number of rotatable bonds is 4. The molecule has 0 spiro atoms. The molecular formula is C74H73BN2O2. The fraction of sp³-hybridized carbons (Fsp3) is 0.270. The Balaban J connectivity index is 1.18. The minimum atomic E-state index is -0.224. The van der Waals surface area contributed by atoms with Crippen LogP contribution in [0.1, 0.15) is 132 Å². The molecule has 11 aromatic rings. The fourth-order valence-corrected chi connectivity index (χ4v) is 12.5. The molecule has 5 heteroatoms. The molecule has 394 valence electrons. The summed E-state index contributed by atoms with van der Waals surface area (Å²) in [6.07, 6.45) is 0. The summed E-state index contributed by atoms with van der Waals surface area (Å²) in [6, 6.07) is 64.6. The molecule has 0 atom stereocenters. The summed E-state index contributed by atoms with van der Waals surface area (Å²) in [5.41, 5.74) is 24.9. The maximum absolute atomic E-state index is 6.91. The van der Waals surface area contributed by atoms with Gasteiger partial charge in [-0.3, -0.25) is 0 Å². The number of fused-ring (bicyclic) bond motifs is 10. The summed E-state index contributed by atoms with van der Waals surface area (Å²) >= 11 is 0. The molecule has 0 fully saturated rings. The van der Waals surface area contributed by atoms with Crippen molar-refractivity contribution in [3.63, 3.8) is 0 Å². The highest BCUT2D eigenvalue weighted by atomic mass is 16.3. The van der Waals surface area contributed by atoms with Gasteiger partial charge in [0.05, 0.1) is 11.4 Å². The second kappa shape index (κ2) is 17.4. The molecule has 9 aromatic carbocycles. The molecule has 0 aliphatic carbocycles. The lowest BCUT2D eigenvalue weighted by Crippen LogP contribution is -2.61. The Hall–Kier alpha value is -7.76. The van der Waals surface area contributed by atoms with Crippen LogP contribution in [0.3, 0.4) is 0 Å². The van der Waals surface area contributed by atoms with Crippen LogP contribution >= 0.6 is 0 Å². The number of para-hydroxylation sites is 4. The van der Waals surface area contributed by atoms with Crippen LogP contribution < -0.4 is 26.2 Å². The first-order valence-electron chi connectivity index (χ1n) is 28.5. The minimum Gasteiger partial charge on any atom is -0.456 e. The lowest BCUT2D eigenvalue weighted by Gasteiger charge is -2.45. The third-order valence-corrected chi connectivity index (χ3v) is 17.2. The molecule has 0 saturated carbocycles. The van der Waals surface area contributed by atoms with Gasteiger partial charge in [-0.05, 0) is 143 Å². The van der Waals surface area contributed by atoms with Gasteiger partial charge in [-0.1, -0.05) is 213 Å². The Morgan fingerprint density at radius 3 is 0.987 bits per heavy atom. The molecule has 13 rings (SSSR count). The van der Waals surface area contributed by atoms with Crippen molar-refractivity contribution in [1.29, 1.82) is 0 Å². The molecule has 4 heterocycles. The van der Waals surface area contributed by atoms with E-state index < -0.39 is 0 Å². The van der Waals surface area contributed by atoms with E-state index in [2.05, 4.69) is 284 Å². The van der Waals surface area contributed by atoms with Crippen LogP contribution in [0, 0.1) is 0 Å². The average molecular weight is 1030 g/mol. The molecule has 2 aromatic heterocycles. The zero-order chi connectivity index (χ0) is 55.5. The summed E-state index contributed by atoms with van der Waals surface area (Å²) in [4.78, 5) is 5.24. The summed E-state index contributed by atoms with van der Waals surface area (Å²) in [7, 11) is 0. The van der Waals surface area contributed by atoms with Crippen molar-refractivity contribution in [2.75, 3.05) is 9.80 Å². The van der Waals surface area contributed by atoms with Gasteiger partial charge in [0.2, 0.25) is 0 Å². The van der Waals surface area contributed by atoms with E-state index in [1.54, 1.807) is 0 Å². The standard InChI is InChI=1S/C74H73BN2O2/c1-70(2,3)46-32-44(33-47(36-46)71(4,5)6)51-24-16-20-28-59(51)76-61-40-55-53-26-18-22-30-65(53)78-67(55)42-57(61)75-58-43-68-56(54-27-19-23-31-66(54)79-68)41-62(58)77(64-39-50(74(13,14)15)38-63(76)69(64)75)60-29-21-17-25-52(60)45-34-48(72(7,8)9)37-49(35-45)73(10,11)12/h16-43H,1-15H3. The molecule has 4 nitrogen and oxygen atoms in total. The molecule has 0 unspecified atom stereocenters. The number of furan rings is 2. The van der Waals surface area contributed by atoms with E-state index in [1.807, 2.05) is 0 Å². The van der Waals surface area contributed by atoms with Crippen molar-refractivity contribution in [1.82, 2.24) is 0 Å². The summed E-state index contributed by atoms with van der Waals surface area (Å²) in [5.74, 6) is 0. The third-order valence-electron chi connectivity index (χ3n) is 17.2. The van der Waals surface area contributed by atoms with E-state index in [0.717, 1.165) is 66.6 Å². The molecule has 0 N–H and O–H groups in total. The molecule has 0 bridgehead atoms.